The van der Waals surface area contributed by atoms with Crippen molar-refractivity contribution in [1.29, 1.82) is 0 Å². The van der Waals surface area contributed by atoms with Gasteiger partial charge in [-0.25, -0.2) is 8.42 Å². The highest BCUT2D eigenvalue weighted by Crippen LogP contribution is 2.40. The number of benzene rings is 3. The van der Waals surface area contributed by atoms with E-state index in [0.717, 1.165) is 37.1 Å². The first-order valence-electron chi connectivity index (χ1n) is 12.9. The molecule has 1 saturated heterocycles. The summed E-state index contributed by atoms with van der Waals surface area (Å²) in [7, 11) is 0.145. The van der Waals surface area contributed by atoms with Crippen LogP contribution < -0.4 is 18.9 Å². The number of likely N-dealkylation sites (tertiary alicyclic amines) is 1. The van der Waals surface area contributed by atoms with Crippen LogP contribution >= 0.6 is 0 Å². The summed E-state index contributed by atoms with van der Waals surface area (Å²) in [5.41, 5.74) is 3.54. The van der Waals surface area contributed by atoms with Gasteiger partial charge in [-0.15, -0.1) is 0 Å². The van der Waals surface area contributed by atoms with E-state index in [-0.39, 0.29) is 22.2 Å². The van der Waals surface area contributed by atoms with Crippen LogP contribution in [-0.4, -0.2) is 52.9 Å². The number of methoxy groups -OCH3 is 3. The number of ether oxygens (including phenoxy) is 3. The van der Waals surface area contributed by atoms with Crippen LogP contribution in [0.15, 0.2) is 64.0 Å². The summed E-state index contributed by atoms with van der Waals surface area (Å²) in [5, 5.41) is 4.44. The van der Waals surface area contributed by atoms with Crippen LogP contribution in [0.5, 0.6) is 17.2 Å². The summed E-state index contributed by atoms with van der Waals surface area (Å²) in [5.74, 6) is 4.14. The highest BCUT2D eigenvalue weighted by molar-refractivity contribution is 7.93. The minimum Gasteiger partial charge on any atom is -0.496 e. The van der Waals surface area contributed by atoms with E-state index >= 15 is 0 Å². The van der Waals surface area contributed by atoms with Crippen LogP contribution in [-0.2, 0) is 10.0 Å². The molecule has 0 atom stereocenters. The van der Waals surface area contributed by atoms with Crippen LogP contribution in [0.4, 0.5) is 5.82 Å². The molecule has 1 aliphatic heterocycles. The standard InChI is InChI=1S/C30H31N3O6S/c1-5-14-33-15-12-20(13-16-33)21-8-6-9-22(17-21)23-18-26(38-4)28-27(19-23)39-31-30(28)32-40(34,35)29-24(36-2)10-7-11-25(29)37-3/h6-11,17-20H,12-13,15-16H2,1-4H3,(H,31,32). The Morgan fingerprint density at radius 2 is 1.60 bits per heavy atom. The van der Waals surface area contributed by atoms with Crippen molar-refractivity contribution in [3.8, 4) is 40.3 Å². The number of nitrogens with one attached hydrogen (secondary N) is 1. The molecule has 1 fully saturated rings. The van der Waals surface area contributed by atoms with E-state index in [2.05, 4.69) is 44.9 Å². The fraction of sp³-hybridized carbons (Fsp3) is 0.300. The number of nitrogens with zero attached hydrogens (tertiary/aromatic N) is 2. The molecule has 9 nitrogen and oxygen atoms in total. The number of hydrogen-bond acceptors (Lipinski definition) is 8. The Hall–Kier alpha value is -4.36. The second kappa shape index (κ2) is 11.4. The molecule has 0 bridgehead atoms. The largest absolute Gasteiger partial charge is 0.496 e. The minimum absolute atomic E-state index is 0.00190. The SMILES string of the molecule is CC#CN1CCC(c2cccc(-c3cc(OC)c4c(NS(=O)(=O)c5c(OC)cccc5OC)noc4c3)c2)CC1. The van der Waals surface area contributed by atoms with E-state index in [1.54, 1.807) is 18.2 Å². The molecule has 1 aromatic heterocycles. The maximum atomic E-state index is 13.4. The van der Waals surface area contributed by atoms with Crippen LogP contribution in [0.3, 0.4) is 0 Å². The lowest BCUT2D eigenvalue weighted by atomic mass is 9.88. The summed E-state index contributed by atoms with van der Waals surface area (Å²) in [6.07, 6.45) is 2.09. The van der Waals surface area contributed by atoms with Gasteiger partial charge < -0.3 is 23.6 Å². The molecule has 0 unspecified atom stereocenters. The monoisotopic (exact) mass is 561 g/mol. The molecule has 4 aromatic rings. The van der Waals surface area contributed by atoms with E-state index in [4.69, 9.17) is 18.7 Å². The fourth-order valence-corrected chi connectivity index (χ4v) is 6.48. The molecule has 3 aromatic carbocycles. The number of aromatic nitrogens is 1. The third kappa shape index (κ3) is 5.25. The van der Waals surface area contributed by atoms with Gasteiger partial charge in [0.15, 0.2) is 16.3 Å². The number of anilines is 1. The van der Waals surface area contributed by atoms with E-state index in [0.29, 0.717) is 22.6 Å². The van der Waals surface area contributed by atoms with Crippen LogP contribution in [0.1, 0.15) is 31.2 Å². The highest BCUT2D eigenvalue weighted by atomic mass is 32.2. The topological polar surface area (TPSA) is 103 Å². The first-order chi connectivity index (χ1) is 19.4. The van der Waals surface area contributed by atoms with Gasteiger partial charge in [-0.3, -0.25) is 4.72 Å². The van der Waals surface area contributed by atoms with Crippen LogP contribution in [0.25, 0.3) is 22.1 Å². The second-order valence-electron chi connectivity index (χ2n) is 9.43. The van der Waals surface area contributed by atoms with E-state index < -0.39 is 10.0 Å². The average Bonchev–Trinajstić information content (AvgIpc) is 3.38. The molecule has 0 saturated carbocycles. The second-order valence-corrected chi connectivity index (χ2v) is 11.0. The quantitative estimate of drug-likeness (QED) is 0.282. The van der Waals surface area contributed by atoms with Crippen molar-refractivity contribution in [2.24, 2.45) is 0 Å². The zero-order valence-electron chi connectivity index (χ0n) is 22.9. The molecule has 1 N–H and O–H groups in total. The van der Waals surface area contributed by atoms with Gasteiger partial charge in [0, 0.05) is 19.1 Å². The molecule has 1 aliphatic rings. The summed E-state index contributed by atoms with van der Waals surface area (Å²) < 4.78 is 51.2. The number of piperidine rings is 1. The van der Waals surface area contributed by atoms with Gasteiger partial charge in [-0.1, -0.05) is 41.4 Å². The average molecular weight is 562 g/mol. The zero-order valence-corrected chi connectivity index (χ0v) is 23.7. The molecule has 10 heteroatoms. The molecular formula is C30H31N3O6S. The summed E-state index contributed by atoms with van der Waals surface area (Å²) in [6, 6.07) is 20.0. The Balaban J connectivity index is 1.47. The Kier molecular flexibility index (Phi) is 7.76. The lowest BCUT2D eigenvalue weighted by molar-refractivity contribution is 0.299. The van der Waals surface area contributed by atoms with Gasteiger partial charge in [0.05, 0.1) is 21.3 Å². The molecule has 40 heavy (non-hydrogen) atoms. The zero-order chi connectivity index (χ0) is 28.3. The Bertz CT molecular complexity index is 1670. The lowest BCUT2D eigenvalue weighted by Crippen LogP contribution is -2.29. The normalized spacial score (nSPS) is 13.9. The third-order valence-corrected chi connectivity index (χ3v) is 8.50. The van der Waals surface area contributed by atoms with E-state index in [1.807, 2.05) is 25.1 Å². The van der Waals surface area contributed by atoms with Crippen molar-refractivity contribution in [2.45, 2.75) is 30.6 Å². The Morgan fingerprint density at radius 1 is 0.925 bits per heavy atom. The first kappa shape index (κ1) is 27.2. The molecule has 0 aliphatic carbocycles. The Labute approximate surface area is 234 Å². The number of sulfonamides is 1. The maximum absolute atomic E-state index is 13.4. The summed E-state index contributed by atoms with van der Waals surface area (Å²) in [4.78, 5) is 2.04. The van der Waals surface area contributed by atoms with Gasteiger partial charge in [-0.2, -0.15) is 0 Å². The van der Waals surface area contributed by atoms with Crippen molar-refractivity contribution in [1.82, 2.24) is 10.1 Å². The predicted molar refractivity (Wildman–Crippen MR) is 153 cm³/mol. The molecule has 5 rings (SSSR count). The molecule has 208 valence electrons. The van der Waals surface area contributed by atoms with Gasteiger partial charge in [0.1, 0.15) is 22.6 Å². The minimum atomic E-state index is -4.16. The van der Waals surface area contributed by atoms with Crippen molar-refractivity contribution < 1.29 is 27.2 Å². The third-order valence-electron chi connectivity index (χ3n) is 7.10. The maximum Gasteiger partial charge on any atom is 0.270 e. The predicted octanol–water partition coefficient (Wildman–Crippen LogP) is 5.48. The number of hydrogen-bond donors (Lipinski definition) is 1. The van der Waals surface area contributed by atoms with Crippen molar-refractivity contribution in [3.05, 3.63) is 60.2 Å². The first-order valence-corrected chi connectivity index (χ1v) is 14.4. The van der Waals surface area contributed by atoms with Gasteiger partial charge in [0.2, 0.25) is 0 Å². The summed E-state index contributed by atoms with van der Waals surface area (Å²) >= 11 is 0. The molecule has 0 amide bonds. The fourth-order valence-electron chi connectivity index (χ4n) is 5.15. The van der Waals surface area contributed by atoms with Crippen molar-refractivity contribution in [2.75, 3.05) is 39.1 Å². The molecule has 0 radical (unpaired) electrons. The van der Waals surface area contributed by atoms with Gasteiger partial charge in [-0.05, 0) is 66.6 Å². The molecule has 0 spiro atoms. The summed E-state index contributed by atoms with van der Waals surface area (Å²) in [6.45, 7) is 3.77. The van der Waals surface area contributed by atoms with Crippen molar-refractivity contribution in [3.63, 3.8) is 0 Å². The highest BCUT2D eigenvalue weighted by Gasteiger charge is 2.28. The smallest absolute Gasteiger partial charge is 0.270 e. The van der Waals surface area contributed by atoms with Crippen molar-refractivity contribution >= 4 is 26.8 Å². The van der Waals surface area contributed by atoms with E-state index in [1.165, 1.54) is 26.9 Å². The van der Waals surface area contributed by atoms with E-state index in [9.17, 15) is 8.42 Å². The van der Waals surface area contributed by atoms with Gasteiger partial charge in [0.25, 0.3) is 10.0 Å². The number of rotatable bonds is 8. The Morgan fingerprint density at radius 3 is 2.25 bits per heavy atom. The van der Waals surface area contributed by atoms with Crippen LogP contribution in [0.2, 0.25) is 0 Å². The lowest BCUT2D eigenvalue weighted by Gasteiger charge is -2.29. The molecule has 2 heterocycles. The molecular weight excluding hydrogens is 530 g/mol. The van der Waals surface area contributed by atoms with Crippen LogP contribution in [0, 0.1) is 12.0 Å². The van der Waals surface area contributed by atoms with Gasteiger partial charge >= 0.3 is 0 Å². The number of fused-ring (bicyclic) bond motifs is 1.